The largest absolute Gasteiger partial charge is 0.497 e. The van der Waals surface area contributed by atoms with E-state index >= 15 is 0 Å². The molecule has 0 bridgehead atoms. The van der Waals surface area contributed by atoms with Crippen LogP contribution in [0.2, 0.25) is 0 Å². The van der Waals surface area contributed by atoms with Crippen molar-refractivity contribution in [1.29, 1.82) is 0 Å². The Bertz CT molecular complexity index is 763. The van der Waals surface area contributed by atoms with E-state index in [2.05, 4.69) is 10.3 Å². The minimum absolute atomic E-state index is 0.215. The predicted molar refractivity (Wildman–Crippen MR) is 96.8 cm³/mol. The number of methoxy groups -OCH3 is 2. The molecule has 140 valence electrons. The third kappa shape index (κ3) is 5.17. The van der Waals surface area contributed by atoms with Crippen molar-refractivity contribution in [2.24, 2.45) is 0 Å². The summed E-state index contributed by atoms with van der Waals surface area (Å²) in [5.74, 6) is 0.646. The summed E-state index contributed by atoms with van der Waals surface area (Å²) in [6.45, 7) is 0.441. The zero-order valence-electron chi connectivity index (χ0n) is 14.6. The van der Waals surface area contributed by atoms with Crippen LogP contribution in [0.5, 0.6) is 11.5 Å². The average Bonchev–Trinajstić information content (AvgIpc) is 3.16. The predicted octanol–water partition coefficient (Wildman–Crippen LogP) is 2.23. The molecule has 26 heavy (non-hydrogen) atoms. The van der Waals surface area contributed by atoms with E-state index in [1.165, 1.54) is 17.5 Å². The van der Waals surface area contributed by atoms with E-state index < -0.39 is 5.91 Å². The van der Waals surface area contributed by atoms with E-state index in [0.29, 0.717) is 40.8 Å². The quantitative estimate of drug-likeness (QED) is 0.350. The van der Waals surface area contributed by atoms with Gasteiger partial charge in [0.05, 0.1) is 26.0 Å². The van der Waals surface area contributed by atoms with Crippen molar-refractivity contribution in [2.45, 2.75) is 19.3 Å². The highest BCUT2D eigenvalue weighted by atomic mass is 32.1. The summed E-state index contributed by atoms with van der Waals surface area (Å²) in [6.07, 6.45) is 2.95. The molecule has 0 radical (unpaired) electrons. The lowest BCUT2D eigenvalue weighted by Gasteiger charge is -2.08. The van der Waals surface area contributed by atoms with Crippen molar-refractivity contribution in [2.75, 3.05) is 20.8 Å². The van der Waals surface area contributed by atoms with Crippen molar-refractivity contribution in [1.82, 2.24) is 15.8 Å². The van der Waals surface area contributed by atoms with Gasteiger partial charge in [0.1, 0.15) is 21.4 Å². The number of carbonyl (C=O) groups excluding carboxylic acids is 2. The number of carbonyl (C=O) groups is 2. The molecule has 0 spiro atoms. The van der Waals surface area contributed by atoms with Gasteiger partial charge in [-0.05, 0) is 25.0 Å². The zero-order valence-corrected chi connectivity index (χ0v) is 15.4. The second-order valence-electron chi connectivity index (χ2n) is 5.34. The highest BCUT2D eigenvalue weighted by molar-refractivity contribution is 7.16. The molecule has 2 amide bonds. The van der Waals surface area contributed by atoms with E-state index in [1.807, 2.05) is 12.1 Å². The molecule has 0 saturated heterocycles. The second kappa shape index (κ2) is 9.73. The van der Waals surface area contributed by atoms with Crippen LogP contribution in [0.4, 0.5) is 0 Å². The van der Waals surface area contributed by atoms with Gasteiger partial charge in [-0.3, -0.25) is 14.8 Å². The molecule has 2 aromatic rings. The molecule has 0 aliphatic carbocycles. The molecule has 2 rings (SSSR count). The van der Waals surface area contributed by atoms with Crippen LogP contribution in [0, 0.1) is 0 Å². The summed E-state index contributed by atoms with van der Waals surface area (Å²) < 4.78 is 10.5. The number of aromatic nitrogens is 1. The lowest BCUT2D eigenvalue weighted by atomic mass is 10.2. The van der Waals surface area contributed by atoms with E-state index in [9.17, 15) is 9.59 Å². The van der Waals surface area contributed by atoms with E-state index in [4.69, 9.17) is 14.7 Å². The highest BCUT2D eigenvalue weighted by Gasteiger charge is 2.15. The highest BCUT2D eigenvalue weighted by Crippen LogP contribution is 2.35. The molecule has 1 heterocycles. The molecule has 1 aromatic heterocycles. The fraction of sp³-hybridized carbons (Fsp3) is 0.353. The molecule has 0 unspecified atom stereocenters. The number of amides is 2. The smallest absolute Gasteiger partial charge is 0.263 e. The standard InChI is InChI=1S/C17H21N3O5S/c1-24-11-6-7-12(13(9-11)25-2)17-19-10-14(26-17)16(22)18-8-4-3-5-15(21)20-23/h6-7,9-10,23H,3-5,8H2,1-2H3,(H,18,22)(H,20,21). The average molecular weight is 379 g/mol. The molecule has 0 saturated carbocycles. The number of hydroxylamine groups is 1. The minimum atomic E-state index is -0.433. The molecule has 0 atom stereocenters. The van der Waals surface area contributed by atoms with Gasteiger partial charge in [0.15, 0.2) is 0 Å². The number of rotatable bonds is 9. The van der Waals surface area contributed by atoms with Crippen LogP contribution in [0.1, 0.15) is 28.9 Å². The van der Waals surface area contributed by atoms with Gasteiger partial charge >= 0.3 is 0 Å². The minimum Gasteiger partial charge on any atom is -0.497 e. The normalized spacial score (nSPS) is 10.3. The van der Waals surface area contributed by atoms with Crippen LogP contribution in [-0.2, 0) is 4.79 Å². The van der Waals surface area contributed by atoms with Crippen LogP contribution in [0.25, 0.3) is 10.6 Å². The first-order chi connectivity index (χ1) is 12.6. The maximum atomic E-state index is 12.2. The first-order valence-electron chi connectivity index (χ1n) is 7.98. The molecule has 3 N–H and O–H groups in total. The molecule has 9 heteroatoms. The van der Waals surface area contributed by atoms with Gasteiger partial charge in [0.2, 0.25) is 5.91 Å². The van der Waals surface area contributed by atoms with E-state index in [1.54, 1.807) is 25.8 Å². The zero-order chi connectivity index (χ0) is 18.9. The Balaban J connectivity index is 1.95. The van der Waals surface area contributed by atoms with Crippen molar-refractivity contribution in [3.63, 3.8) is 0 Å². The summed E-state index contributed by atoms with van der Waals surface area (Å²) in [6, 6.07) is 5.41. The maximum absolute atomic E-state index is 12.2. The molecular weight excluding hydrogens is 358 g/mol. The Hall–Kier alpha value is -2.65. The van der Waals surface area contributed by atoms with Gasteiger partial charge in [-0.2, -0.15) is 0 Å². The summed E-state index contributed by atoms with van der Waals surface area (Å²) in [7, 11) is 3.15. The number of thiazole rings is 1. The van der Waals surface area contributed by atoms with Gasteiger partial charge in [-0.1, -0.05) is 0 Å². The van der Waals surface area contributed by atoms with Crippen molar-refractivity contribution >= 4 is 23.2 Å². The Morgan fingerprint density at radius 2 is 2.04 bits per heavy atom. The molecule has 8 nitrogen and oxygen atoms in total. The van der Waals surface area contributed by atoms with Gasteiger partial charge in [-0.15, -0.1) is 11.3 Å². The summed E-state index contributed by atoms with van der Waals surface area (Å²) in [5.41, 5.74) is 2.36. The van der Waals surface area contributed by atoms with Crippen molar-refractivity contribution in [3.8, 4) is 22.1 Å². The Labute approximate surface area is 155 Å². The first kappa shape index (κ1) is 19.7. The Kier molecular flexibility index (Phi) is 7.37. The molecule has 0 fully saturated rings. The van der Waals surface area contributed by atoms with Crippen LogP contribution >= 0.6 is 11.3 Å². The van der Waals surface area contributed by atoms with E-state index in [0.717, 1.165) is 5.56 Å². The SMILES string of the molecule is COc1ccc(-c2ncc(C(=O)NCCCCC(=O)NO)s2)c(OC)c1. The van der Waals surface area contributed by atoms with Gasteiger partial charge in [0, 0.05) is 19.0 Å². The molecule has 0 aliphatic heterocycles. The fourth-order valence-electron chi connectivity index (χ4n) is 2.23. The topological polar surface area (TPSA) is 110 Å². The van der Waals surface area contributed by atoms with Gasteiger partial charge in [-0.25, -0.2) is 10.5 Å². The first-order valence-corrected chi connectivity index (χ1v) is 8.80. The van der Waals surface area contributed by atoms with Gasteiger partial charge < -0.3 is 14.8 Å². The third-order valence-corrected chi connectivity index (χ3v) is 4.64. The number of ether oxygens (including phenoxy) is 2. The number of benzene rings is 1. The van der Waals surface area contributed by atoms with Crippen molar-refractivity contribution in [3.05, 3.63) is 29.3 Å². The number of nitrogens with one attached hydrogen (secondary N) is 2. The van der Waals surface area contributed by atoms with Crippen molar-refractivity contribution < 1.29 is 24.3 Å². The van der Waals surface area contributed by atoms with E-state index in [-0.39, 0.29) is 12.3 Å². The number of nitrogens with zero attached hydrogens (tertiary/aromatic N) is 1. The Morgan fingerprint density at radius 3 is 2.73 bits per heavy atom. The monoisotopic (exact) mass is 379 g/mol. The van der Waals surface area contributed by atoms with Crippen LogP contribution in [-0.4, -0.2) is 42.8 Å². The fourth-order valence-corrected chi connectivity index (χ4v) is 3.10. The summed E-state index contributed by atoms with van der Waals surface area (Å²) >= 11 is 1.27. The lowest BCUT2D eigenvalue weighted by molar-refractivity contribution is -0.129. The Morgan fingerprint density at radius 1 is 1.23 bits per heavy atom. The third-order valence-electron chi connectivity index (χ3n) is 3.61. The van der Waals surface area contributed by atoms with Crippen LogP contribution < -0.4 is 20.3 Å². The lowest BCUT2D eigenvalue weighted by Crippen LogP contribution is -2.24. The number of hydrogen-bond donors (Lipinski definition) is 3. The number of unbranched alkanes of at least 4 members (excludes halogenated alkanes) is 1. The van der Waals surface area contributed by atoms with Gasteiger partial charge in [0.25, 0.3) is 5.91 Å². The molecule has 0 aliphatic rings. The molecule has 1 aromatic carbocycles. The summed E-state index contributed by atoms with van der Waals surface area (Å²) in [4.78, 5) is 27.9. The second-order valence-corrected chi connectivity index (χ2v) is 6.37. The van der Waals surface area contributed by atoms with Crippen LogP contribution in [0.15, 0.2) is 24.4 Å². The number of hydrogen-bond acceptors (Lipinski definition) is 7. The maximum Gasteiger partial charge on any atom is 0.263 e. The summed E-state index contributed by atoms with van der Waals surface area (Å²) in [5, 5.41) is 11.9. The molecular formula is C17H21N3O5S. The van der Waals surface area contributed by atoms with Crippen LogP contribution in [0.3, 0.4) is 0 Å².